The number of pyridine rings is 1. The van der Waals surface area contributed by atoms with E-state index in [2.05, 4.69) is 38.7 Å². The van der Waals surface area contributed by atoms with Crippen molar-refractivity contribution in [1.82, 2.24) is 9.38 Å². The highest BCUT2D eigenvalue weighted by Gasteiger charge is 2.12. The van der Waals surface area contributed by atoms with Gasteiger partial charge in [0.15, 0.2) is 0 Å². The third-order valence-corrected chi connectivity index (χ3v) is 4.81. The summed E-state index contributed by atoms with van der Waals surface area (Å²) < 4.78 is 3.43. The molecule has 0 N–H and O–H groups in total. The fourth-order valence-corrected chi connectivity index (χ4v) is 3.56. The van der Waals surface area contributed by atoms with Crippen molar-refractivity contribution in [2.24, 2.45) is 0 Å². The average Bonchev–Trinajstić information content (AvgIpc) is 2.76. The van der Waals surface area contributed by atoms with Crippen LogP contribution in [0.3, 0.4) is 0 Å². The lowest BCUT2D eigenvalue weighted by Gasteiger charge is -2.08. The quantitative estimate of drug-likeness (QED) is 0.637. The van der Waals surface area contributed by atoms with Crippen LogP contribution in [-0.2, 0) is 12.8 Å². The van der Waals surface area contributed by atoms with E-state index in [4.69, 9.17) is 4.98 Å². The van der Waals surface area contributed by atoms with Crippen LogP contribution in [0.5, 0.6) is 0 Å². The molecule has 2 nitrogen and oxygen atoms in total. The molecule has 108 valence electrons. The molecule has 20 heavy (non-hydrogen) atoms. The van der Waals surface area contributed by atoms with Gasteiger partial charge in [0.2, 0.25) is 0 Å². The molecule has 1 aliphatic rings. The highest BCUT2D eigenvalue weighted by Crippen LogP contribution is 2.22. The summed E-state index contributed by atoms with van der Waals surface area (Å²) in [5.41, 5.74) is 3.89. The molecule has 0 radical (unpaired) electrons. The molecule has 0 aliphatic heterocycles. The molecule has 0 unspecified atom stereocenters. The standard InChI is InChI=1S/C17H23BrN2/c18-14-11-12-17-19-15-9-7-5-3-1-2-4-6-8-10-16(15)20(17)13-14/h11-13H,1-10H2. The molecule has 0 aromatic carbocycles. The second kappa shape index (κ2) is 6.75. The van der Waals surface area contributed by atoms with Crippen molar-refractivity contribution in [1.29, 1.82) is 0 Å². The number of halogens is 1. The molecule has 3 rings (SSSR count). The first-order valence-electron chi connectivity index (χ1n) is 8.00. The van der Waals surface area contributed by atoms with Gasteiger partial charge in [-0.1, -0.05) is 38.5 Å². The van der Waals surface area contributed by atoms with Crippen LogP contribution in [-0.4, -0.2) is 9.38 Å². The van der Waals surface area contributed by atoms with Gasteiger partial charge in [-0.3, -0.25) is 0 Å². The van der Waals surface area contributed by atoms with E-state index in [-0.39, 0.29) is 0 Å². The smallest absolute Gasteiger partial charge is 0.137 e. The van der Waals surface area contributed by atoms with Crippen molar-refractivity contribution in [2.45, 2.75) is 64.2 Å². The largest absolute Gasteiger partial charge is 0.303 e. The lowest BCUT2D eigenvalue weighted by atomic mass is 10.0. The number of fused-ring (bicyclic) bond motifs is 3. The minimum absolute atomic E-state index is 1.10. The predicted molar refractivity (Wildman–Crippen MR) is 87.2 cm³/mol. The van der Waals surface area contributed by atoms with Crippen molar-refractivity contribution in [3.8, 4) is 0 Å². The molecule has 0 fully saturated rings. The molecule has 0 amide bonds. The first-order valence-corrected chi connectivity index (χ1v) is 8.79. The van der Waals surface area contributed by atoms with E-state index in [9.17, 15) is 0 Å². The summed E-state index contributed by atoms with van der Waals surface area (Å²) in [6, 6.07) is 4.21. The summed E-state index contributed by atoms with van der Waals surface area (Å²) in [4.78, 5) is 4.86. The second-order valence-electron chi connectivity index (χ2n) is 5.91. The first kappa shape index (κ1) is 14.1. The first-order chi connectivity index (χ1) is 9.84. The molecule has 2 aromatic rings. The Kier molecular flexibility index (Phi) is 4.77. The zero-order valence-corrected chi connectivity index (χ0v) is 13.7. The van der Waals surface area contributed by atoms with Gasteiger partial charge >= 0.3 is 0 Å². The minimum Gasteiger partial charge on any atom is -0.303 e. The van der Waals surface area contributed by atoms with Crippen LogP contribution in [0.1, 0.15) is 62.8 Å². The van der Waals surface area contributed by atoms with Crippen LogP contribution in [0.4, 0.5) is 0 Å². The highest BCUT2D eigenvalue weighted by atomic mass is 79.9. The maximum Gasteiger partial charge on any atom is 0.137 e. The van der Waals surface area contributed by atoms with E-state index < -0.39 is 0 Å². The Labute approximate surface area is 129 Å². The summed E-state index contributed by atoms with van der Waals surface area (Å²) in [6.45, 7) is 0. The highest BCUT2D eigenvalue weighted by molar-refractivity contribution is 9.10. The fraction of sp³-hybridized carbons (Fsp3) is 0.588. The summed E-state index contributed by atoms with van der Waals surface area (Å²) in [6.07, 6.45) is 15.4. The molecule has 2 aromatic heterocycles. The monoisotopic (exact) mass is 334 g/mol. The Morgan fingerprint density at radius 3 is 2.25 bits per heavy atom. The molecule has 0 saturated heterocycles. The van der Waals surface area contributed by atoms with Gasteiger partial charge in [-0.05, 0) is 53.7 Å². The summed E-state index contributed by atoms with van der Waals surface area (Å²) in [5, 5.41) is 0. The maximum atomic E-state index is 4.86. The predicted octanol–water partition coefficient (Wildman–Crippen LogP) is 5.32. The molecular weight excluding hydrogens is 312 g/mol. The van der Waals surface area contributed by atoms with Crippen LogP contribution in [0.15, 0.2) is 22.8 Å². The van der Waals surface area contributed by atoms with Crippen LogP contribution in [0.25, 0.3) is 5.65 Å². The number of aryl methyl sites for hydroxylation is 2. The number of aromatic nitrogens is 2. The van der Waals surface area contributed by atoms with Crippen LogP contribution in [0.2, 0.25) is 0 Å². The lowest BCUT2D eigenvalue weighted by Crippen LogP contribution is -1.99. The van der Waals surface area contributed by atoms with Crippen LogP contribution < -0.4 is 0 Å². The van der Waals surface area contributed by atoms with Crippen molar-refractivity contribution in [2.75, 3.05) is 0 Å². The van der Waals surface area contributed by atoms with Crippen LogP contribution in [0, 0.1) is 0 Å². The molecular formula is C17H23BrN2. The Morgan fingerprint density at radius 1 is 0.850 bits per heavy atom. The Balaban J connectivity index is 1.91. The fourth-order valence-electron chi connectivity index (χ4n) is 3.23. The second-order valence-corrected chi connectivity index (χ2v) is 6.82. The molecule has 0 atom stereocenters. The Morgan fingerprint density at radius 2 is 1.50 bits per heavy atom. The van der Waals surface area contributed by atoms with Gasteiger partial charge in [-0.25, -0.2) is 4.98 Å². The molecule has 1 aliphatic carbocycles. The van der Waals surface area contributed by atoms with E-state index in [0.29, 0.717) is 0 Å². The van der Waals surface area contributed by atoms with E-state index >= 15 is 0 Å². The van der Waals surface area contributed by atoms with Gasteiger partial charge in [0, 0.05) is 16.4 Å². The van der Waals surface area contributed by atoms with E-state index in [0.717, 1.165) is 16.5 Å². The van der Waals surface area contributed by atoms with Crippen molar-refractivity contribution in [3.63, 3.8) is 0 Å². The number of imidazole rings is 1. The Bertz CT molecular complexity index is 574. The van der Waals surface area contributed by atoms with E-state index in [1.165, 1.54) is 69.2 Å². The number of nitrogens with zero attached hydrogens (tertiary/aromatic N) is 2. The maximum absolute atomic E-state index is 4.86. The molecule has 2 heterocycles. The number of hydrogen-bond donors (Lipinski definition) is 0. The van der Waals surface area contributed by atoms with Crippen molar-refractivity contribution >= 4 is 21.6 Å². The van der Waals surface area contributed by atoms with Gasteiger partial charge < -0.3 is 4.40 Å². The van der Waals surface area contributed by atoms with Gasteiger partial charge in [-0.15, -0.1) is 0 Å². The zero-order chi connectivity index (χ0) is 13.8. The zero-order valence-electron chi connectivity index (χ0n) is 12.1. The van der Waals surface area contributed by atoms with Gasteiger partial charge in [0.25, 0.3) is 0 Å². The number of hydrogen-bond acceptors (Lipinski definition) is 1. The van der Waals surface area contributed by atoms with E-state index in [1.807, 2.05) is 0 Å². The third kappa shape index (κ3) is 3.25. The van der Waals surface area contributed by atoms with Crippen molar-refractivity contribution in [3.05, 3.63) is 34.2 Å². The summed E-state index contributed by atoms with van der Waals surface area (Å²) in [5.74, 6) is 0. The Hall–Kier alpha value is -0.830. The normalized spacial score (nSPS) is 18.2. The molecule has 3 heteroatoms. The van der Waals surface area contributed by atoms with Gasteiger partial charge in [0.1, 0.15) is 5.65 Å². The molecule has 0 saturated carbocycles. The van der Waals surface area contributed by atoms with Crippen LogP contribution >= 0.6 is 15.9 Å². The molecule has 0 bridgehead atoms. The molecule has 0 spiro atoms. The summed E-state index contributed by atoms with van der Waals surface area (Å²) in [7, 11) is 0. The van der Waals surface area contributed by atoms with Crippen molar-refractivity contribution < 1.29 is 0 Å². The van der Waals surface area contributed by atoms with Gasteiger partial charge in [0.05, 0.1) is 5.69 Å². The average molecular weight is 335 g/mol. The topological polar surface area (TPSA) is 17.3 Å². The number of rotatable bonds is 0. The third-order valence-electron chi connectivity index (χ3n) is 4.34. The van der Waals surface area contributed by atoms with E-state index in [1.54, 1.807) is 0 Å². The minimum atomic E-state index is 1.10. The summed E-state index contributed by atoms with van der Waals surface area (Å²) >= 11 is 3.58. The SMILES string of the molecule is Brc1ccc2nc3c(n2c1)CCCCCCCCCC3. The lowest BCUT2D eigenvalue weighted by molar-refractivity contribution is 0.555. The van der Waals surface area contributed by atoms with Gasteiger partial charge in [-0.2, -0.15) is 0 Å².